The minimum absolute atomic E-state index is 0.156. The van der Waals surface area contributed by atoms with E-state index in [1.807, 2.05) is 12.1 Å². The Labute approximate surface area is 136 Å². The summed E-state index contributed by atoms with van der Waals surface area (Å²) in [6.07, 6.45) is 1.99. The van der Waals surface area contributed by atoms with Gasteiger partial charge in [0.1, 0.15) is 0 Å². The average Bonchev–Trinajstić information content (AvgIpc) is 2.94. The maximum atomic E-state index is 6.26. The van der Waals surface area contributed by atoms with Crippen molar-refractivity contribution in [3.05, 3.63) is 56.7 Å². The molecule has 0 radical (unpaired) electrons. The molecule has 0 unspecified atom stereocenters. The first-order valence-electron chi connectivity index (χ1n) is 6.10. The summed E-state index contributed by atoms with van der Waals surface area (Å²) in [6, 6.07) is 12.6. The Hall–Kier alpha value is -0.0200. The van der Waals surface area contributed by atoms with E-state index in [1.54, 1.807) is 11.3 Å². The van der Waals surface area contributed by atoms with Crippen molar-refractivity contribution in [2.45, 2.75) is 18.3 Å². The second-order valence-electron chi connectivity index (χ2n) is 4.64. The molecule has 0 atom stereocenters. The summed E-state index contributed by atoms with van der Waals surface area (Å²) in [5.41, 5.74) is 1.06. The minimum Gasteiger partial charge on any atom is -0.149 e. The van der Waals surface area contributed by atoms with E-state index in [0.717, 1.165) is 17.3 Å². The van der Waals surface area contributed by atoms with Gasteiger partial charge < -0.3 is 0 Å². The summed E-state index contributed by atoms with van der Waals surface area (Å²) in [7, 11) is 0. The van der Waals surface area contributed by atoms with E-state index in [2.05, 4.69) is 45.6 Å². The fourth-order valence-electron chi connectivity index (χ4n) is 2.10. The topological polar surface area (TPSA) is 0 Å². The largest absolute Gasteiger partial charge is 0.149 e. The molecule has 1 aromatic carbocycles. The van der Waals surface area contributed by atoms with Gasteiger partial charge in [-0.25, -0.2) is 0 Å². The number of halogens is 3. The molecular formula is C15H15BrCl2S. The third-order valence-electron chi connectivity index (χ3n) is 3.38. The van der Waals surface area contributed by atoms with Gasteiger partial charge in [0, 0.05) is 26.5 Å². The summed E-state index contributed by atoms with van der Waals surface area (Å²) in [4.78, 5) is 1.38. The van der Waals surface area contributed by atoms with Crippen LogP contribution in [0.15, 0.2) is 46.3 Å². The molecule has 0 saturated carbocycles. The third-order valence-corrected chi connectivity index (χ3v) is 5.83. The standard InChI is InChI=1S/C15H15BrCl2S/c16-13-4-1-3-12(9-13)15(10-17,11-18)7-6-14-5-2-8-19-14/h1-5,8-9H,6-7,10-11H2. The first-order chi connectivity index (χ1) is 9.20. The van der Waals surface area contributed by atoms with Gasteiger partial charge in [-0.2, -0.15) is 0 Å². The van der Waals surface area contributed by atoms with Crippen LogP contribution in [-0.2, 0) is 11.8 Å². The number of hydrogen-bond acceptors (Lipinski definition) is 1. The van der Waals surface area contributed by atoms with Gasteiger partial charge in [-0.05, 0) is 42.0 Å². The Balaban J connectivity index is 2.21. The second-order valence-corrected chi connectivity index (χ2v) is 7.12. The molecule has 2 aromatic rings. The van der Waals surface area contributed by atoms with Gasteiger partial charge in [0.15, 0.2) is 0 Å². The van der Waals surface area contributed by atoms with Crippen molar-refractivity contribution in [3.8, 4) is 0 Å². The minimum atomic E-state index is -0.156. The van der Waals surface area contributed by atoms with Crippen molar-refractivity contribution < 1.29 is 0 Å². The van der Waals surface area contributed by atoms with E-state index in [4.69, 9.17) is 23.2 Å². The fourth-order valence-corrected chi connectivity index (χ4v) is 4.07. The zero-order valence-electron chi connectivity index (χ0n) is 10.4. The van der Waals surface area contributed by atoms with Crippen LogP contribution < -0.4 is 0 Å². The molecule has 0 aliphatic carbocycles. The van der Waals surface area contributed by atoms with E-state index in [1.165, 1.54) is 10.4 Å². The number of benzene rings is 1. The van der Waals surface area contributed by atoms with Crippen LogP contribution in [0.2, 0.25) is 0 Å². The molecule has 0 aliphatic rings. The number of alkyl halides is 2. The van der Waals surface area contributed by atoms with Gasteiger partial charge in [-0.1, -0.05) is 34.1 Å². The van der Waals surface area contributed by atoms with Crippen LogP contribution in [0.3, 0.4) is 0 Å². The molecule has 1 heterocycles. The maximum absolute atomic E-state index is 6.26. The zero-order chi connectivity index (χ0) is 13.7. The maximum Gasteiger partial charge on any atom is 0.0332 e. The van der Waals surface area contributed by atoms with Crippen LogP contribution >= 0.6 is 50.5 Å². The Kier molecular flexibility index (Phi) is 5.76. The number of aryl methyl sites for hydroxylation is 1. The van der Waals surface area contributed by atoms with Crippen molar-refractivity contribution >= 4 is 50.5 Å². The molecule has 1 aromatic heterocycles. The smallest absolute Gasteiger partial charge is 0.0332 e. The van der Waals surface area contributed by atoms with Gasteiger partial charge in [-0.15, -0.1) is 34.5 Å². The van der Waals surface area contributed by atoms with Crippen molar-refractivity contribution in [2.24, 2.45) is 0 Å². The molecule has 0 bridgehead atoms. The van der Waals surface area contributed by atoms with Crippen molar-refractivity contribution in [1.82, 2.24) is 0 Å². The van der Waals surface area contributed by atoms with E-state index in [9.17, 15) is 0 Å². The number of rotatable bonds is 6. The molecule has 0 saturated heterocycles. The van der Waals surface area contributed by atoms with Gasteiger partial charge in [-0.3, -0.25) is 0 Å². The highest BCUT2D eigenvalue weighted by atomic mass is 79.9. The Bertz CT molecular complexity index is 507. The molecule has 102 valence electrons. The molecule has 4 heteroatoms. The fraction of sp³-hybridized carbons (Fsp3) is 0.333. The Morgan fingerprint density at radius 1 is 1.11 bits per heavy atom. The molecule has 0 N–H and O–H groups in total. The van der Waals surface area contributed by atoms with Crippen LogP contribution in [0.1, 0.15) is 16.9 Å². The normalized spacial score (nSPS) is 11.7. The average molecular weight is 378 g/mol. The predicted octanol–water partition coefficient (Wildman–Crippen LogP) is 5.86. The lowest BCUT2D eigenvalue weighted by atomic mass is 9.80. The summed E-state index contributed by atoms with van der Waals surface area (Å²) < 4.78 is 1.07. The van der Waals surface area contributed by atoms with Gasteiger partial charge in [0.2, 0.25) is 0 Å². The first-order valence-corrected chi connectivity index (χ1v) is 8.85. The second kappa shape index (κ2) is 7.12. The van der Waals surface area contributed by atoms with Crippen molar-refractivity contribution in [1.29, 1.82) is 0 Å². The van der Waals surface area contributed by atoms with Crippen LogP contribution in [-0.4, -0.2) is 11.8 Å². The van der Waals surface area contributed by atoms with Gasteiger partial charge >= 0.3 is 0 Å². The molecule has 0 nitrogen and oxygen atoms in total. The molecule has 0 amide bonds. The van der Waals surface area contributed by atoms with Crippen LogP contribution in [0.4, 0.5) is 0 Å². The quantitative estimate of drug-likeness (QED) is 0.553. The third kappa shape index (κ3) is 3.75. The zero-order valence-corrected chi connectivity index (χ0v) is 14.3. The lowest BCUT2D eigenvalue weighted by molar-refractivity contribution is 0.494. The van der Waals surface area contributed by atoms with E-state index in [-0.39, 0.29) is 5.41 Å². The van der Waals surface area contributed by atoms with Crippen molar-refractivity contribution in [2.75, 3.05) is 11.8 Å². The van der Waals surface area contributed by atoms with Crippen LogP contribution in [0.25, 0.3) is 0 Å². The lowest BCUT2D eigenvalue weighted by Gasteiger charge is -2.30. The summed E-state index contributed by atoms with van der Waals surface area (Å²) in [5.74, 6) is 1.08. The molecule has 2 rings (SSSR count). The monoisotopic (exact) mass is 376 g/mol. The molecule has 0 spiro atoms. The number of thiophene rings is 1. The summed E-state index contributed by atoms with van der Waals surface area (Å²) in [5, 5.41) is 2.11. The highest BCUT2D eigenvalue weighted by molar-refractivity contribution is 9.10. The van der Waals surface area contributed by atoms with Crippen LogP contribution in [0.5, 0.6) is 0 Å². The van der Waals surface area contributed by atoms with Crippen LogP contribution in [0, 0.1) is 0 Å². The van der Waals surface area contributed by atoms with E-state index >= 15 is 0 Å². The molecule has 0 aliphatic heterocycles. The summed E-state index contributed by atoms with van der Waals surface area (Å²) in [6.45, 7) is 0. The molecule has 19 heavy (non-hydrogen) atoms. The Morgan fingerprint density at radius 3 is 2.47 bits per heavy atom. The summed E-state index contributed by atoms with van der Waals surface area (Å²) >= 11 is 17.8. The highest BCUT2D eigenvalue weighted by Gasteiger charge is 2.30. The SMILES string of the molecule is ClCC(CCl)(CCc1cccs1)c1cccc(Br)c1. The Morgan fingerprint density at radius 2 is 1.89 bits per heavy atom. The predicted molar refractivity (Wildman–Crippen MR) is 89.9 cm³/mol. The lowest BCUT2D eigenvalue weighted by Crippen LogP contribution is -2.31. The van der Waals surface area contributed by atoms with E-state index < -0.39 is 0 Å². The van der Waals surface area contributed by atoms with Gasteiger partial charge in [0.25, 0.3) is 0 Å². The molecular weight excluding hydrogens is 363 g/mol. The first kappa shape index (κ1) is 15.4. The van der Waals surface area contributed by atoms with Gasteiger partial charge in [0.05, 0.1) is 0 Å². The molecule has 0 fully saturated rings. The van der Waals surface area contributed by atoms with E-state index in [0.29, 0.717) is 11.8 Å². The number of hydrogen-bond donors (Lipinski definition) is 0. The van der Waals surface area contributed by atoms with Crippen molar-refractivity contribution in [3.63, 3.8) is 0 Å². The highest BCUT2D eigenvalue weighted by Crippen LogP contribution is 2.34.